The summed E-state index contributed by atoms with van der Waals surface area (Å²) >= 11 is 3.23. The lowest BCUT2D eigenvalue weighted by Crippen LogP contribution is -2.48. The molecule has 0 radical (unpaired) electrons. The lowest BCUT2D eigenvalue weighted by Gasteiger charge is -2.20. The van der Waals surface area contributed by atoms with Gasteiger partial charge in [0.15, 0.2) is 11.5 Å². The van der Waals surface area contributed by atoms with Crippen LogP contribution < -0.4 is 14.9 Å². The van der Waals surface area contributed by atoms with Crippen LogP contribution in [0.5, 0.6) is 11.5 Å². The molecule has 3 N–H and O–H groups in total. The minimum atomic E-state index is -3.88. The zero-order chi connectivity index (χ0) is 23.2. The number of phenols is 1. The van der Waals surface area contributed by atoms with Crippen molar-refractivity contribution in [2.45, 2.75) is 38.6 Å². The molecule has 0 saturated carbocycles. The van der Waals surface area contributed by atoms with Crippen LogP contribution in [0, 0.1) is 12.8 Å². The average molecular weight is 512 g/mol. The fraction of sp³-hybridized carbons (Fsp3) is 0.333. The molecule has 0 aromatic heterocycles. The second kappa shape index (κ2) is 10.7. The van der Waals surface area contributed by atoms with Gasteiger partial charge in [-0.3, -0.25) is 4.79 Å². The number of hydrazone groups is 1. The fourth-order valence-corrected chi connectivity index (χ4v) is 4.42. The quantitative estimate of drug-likeness (QED) is 0.352. The molecule has 0 heterocycles. The molecule has 1 atom stereocenters. The topological polar surface area (TPSA) is 117 Å². The van der Waals surface area contributed by atoms with Crippen molar-refractivity contribution >= 4 is 38.1 Å². The maximum absolute atomic E-state index is 12.7. The first-order chi connectivity index (χ1) is 14.5. The lowest BCUT2D eigenvalue weighted by molar-refractivity contribution is -0.123. The number of carbonyl (C=O) groups excluding carboxylic acids is 1. The Kier molecular flexibility index (Phi) is 8.60. The first-order valence-corrected chi connectivity index (χ1v) is 11.9. The van der Waals surface area contributed by atoms with Crippen LogP contribution in [0.2, 0.25) is 0 Å². The van der Waals surface area contributed by atoms with Crippen molar-refractivity contribution in [2.24, 2.45) is 11.0 Å². The Hall–Kier alpha value is -2.43. The van der Waals surface area contributed by atoms with Crippen LogP contribution in [0.1, 0.15) is 31.9 Å². The molecule has 2 rings (SSSR count). The minimum Gasteiger partial charge on any atom is -0.503 e. The monoisotopic (exact) mass is 511 g/mol. The summed E-state index contributed by atoms with van der Waals surface area (Å²) in [4.78, 5) is 12.7. The van der Waals surface area contributed by atoms with Gasteiger partial charge in [0, 0.05) is 0 Å². The second-order valence-corrected chi connectivity index (χ2v) is 9.74. The standard InChI is InChI=1S/C21H26BrN3O5S/c1-5-30-18-11-15(10-17(22)20(18)26)12-23-24-21(27)19(13(2)3)25-31(28,29)16-8-6-14(4)7-9-16/h6-13,19,25-26H,5H2,1-4H3,(H,24,27)/b23-12-/t19-/m0/s1. The molecule has 0 aliphatic carbocycles. The first kappa shape index (κ1) is 24.8. The van der Waals surface area contributed by atoms with Crippen LogP contribution in [0.4, 0.5) is 0 Å². The van der Waals surface area contributed by atoms with E-state index in [9.17, 15) is 18.3 Å². The number of sulfonamides is 1. The number of carbonyl (C=O) groups is 1. The van der Waals surface area contributed by atoms with Crippen molar-refractivity contribution in [2.75, 3.05) is 6.61 Å². The largest absolute Gasteiger partial charge is 0.503 e. The van der Waals surface area contributed by atoms with Gasteiger partial charge in [0.05, 0.1) is 22.2 Å². The van der Waals surface area contributed by atoms with E-state index >= 15 is 0 Å². The van der Waals surface area contributed by atoms with Crippen molar-refractivity contribution in [1.29, 1.82) is 0 Å². The van der Waals surface area contributed by atoms with Crippen LogP contribution in [-0.4, -0.2) is 38.3 Å². The number of nitrogens with one attached hydrogen (secondary N) is 2. The number of nitrogens with zero attached hydrogens (tertiary/aromatic N) is 1. The third-order valence-corrected chi connectivity index (χ3v) is 6.36. The van der Waals surface area contributed by atoms with Gasteiger partial charge >= 0.3 is 0 Å². The molecule has 2 aromatic carbocycles. The molecular weight excluding hydrogens is 486 g/mol. The highest BCUT2D eigenvalue weighted by molar-refractivity contribution is 9.10. The van der Waals surface area contributed by atoms with Gasteiger partial charge in [-0.05, 0) is 65.5 Å². The van der Waals surface area contributed by atoms with E-state index in [1.54, 1.807) is 45.0 Å². The Balaban J connectivity index is 2.13. The predicted molar refractivity (Wildman–Crippen MR) is 123 cm³/mol. The SMILES string of the molecule is CCOc1cc(/C=N\NC(=O)[C@@H](NS(=O)(=O)c2ccc(C)cc2)C(C)C)cc(Br)c1O. The van der Waals surface area contributed by atoms with E-state index in [0.29, 0.717) is 16.6 Å². The number of phenolic OH excluding ortho intramolecular Hbond substituents is 1. The Morgan fingerprint density at radius 3 is 2.48 bits per heavy atom. The summed E-state index contributed by atoms with van der Waals surface area (Å²) in [5, 5.41) is 13.9. The Morgan fingerprint density at radius 2 is 1.90 bits per heavy atom. The third kappa shape index (κ3) is 6.78. The molecule has 2 aromatic rings. The number of aryl methyl sites for hydroxylation is 1. The molecule has 0 fully saturated rings. The van der Waals surface area contributed by atoms with E-state index < -0.39 is 22.0 Å². The van der Waals surface area contributed by atoms with Gasteiger partial charge in [0.1, 0.15) is 6.04 Å². The van der Waals surface area contributed by atoms with E-state index in [1.807, 2.05) is 6.92 Å². The zero-order valence-corrected chi connectivity index (χ0v) is 20.1. The number of benzene rings is 2. The van der Waals surface area contributed by atoms with E-state index in [4.69, 9.17) is 4.74 Å². The number of ether oxygens (including phenoxy) is 1. The van der Waals surface area contributed by atoms with Crippen LogP contribution in [-0.2, 0) is 14.8 Å². The van der Waals surface area contributed by atoms with Crippen molar-refractivity contribution in [3.8, 4) is 11.5 Å². The molecule has 0 spiro atoms. The first-order valence-electron chi connectivity index (χ1n) is 9.62. The van der Waals surface area contributed by atoms with Gasteiger partial charge in [0.2, 0.25) is 10.0 Å². The molecule has 168 valence electrons. The summed E-state index contributed by atoms with van der Waals surface area (Å²) in [7, 11) is -3.88. The normalized spacial score (nSPS) is 12.8. The second-order valence-electron chi connectivity index (χ2n) is 7.17. The van der Waals surface area contributed by atoms with Crippen molar-refractivity contribution in [1.82, 2.24) is 10.1 Å². The van der Waals surface area contributed by atoms with Crippen molar-refractivity contribution < 1.29 is 23.1 Å². The Bertz CT molecular complexity index is 1050. The number of halogens is 1. The highest BCUT2D eigenvalue weighted by atomic mass is 79.9. The highest BCUT2D eigenvalue weighted by Gasteiger charge is 2.28. The summed E-state index contributed by atoms with van der Waals surface area (Å²) in [5.74, 6) is -0.670. The summed E-state index contributed by atoms with van der Waals surface area (Å²) < 4.78 is 33.5. The predicted octanol–water partition coefficient (Wildman–Crippen LogP) is 3.32. The van der Waals surface area contributed by atoms with E-state index in [1.165, 1.54) is 18.3 Å². The average Bonchev–Trinajstić information content (AvgIpc) is 2.70. The summed E-state index contributed by atoms with van der Waals surface area (Å²) in [6.07, 6.45) is 1.37. The number of hydrogen-bond acceptors (Lipinski definition) is 6. The minimum absolute atomic E-state index is 0.0339. The lowest BCUT2D eigenvalue weighted by atomic mass is 10.1. The summed E-state index contributed by atoms with van der Waals surface area (Å²) in [6.45, 7) is 7.48. The highest BCUT2D eigenvalue weighted by Crippen LogP contribution is 2.35. The van der Waals surface area contributed by atoms with Crippen molar-refractivity contribution in [3.63, 3.8) is 0 Å². The maximum Gasteiger partial charge on any atom is 0.258 e. The number of rotatable bonds is 9. The molecule has 1 amide bonds. The fourth-order valence-electron chi connectivity index (χ4n) is 2.62. The molecule has 0 saturated heterocycles. The molecule has 8 nitrogen and oxygen atoms in total. The van der Waals surface area contributed by atoms with Gasteiger partial charge in [-0.25, -0.2) is 13.8 Å². The van der Waals surface area contributed by atoms with Crippen LogP contribution in [0.3, 0.4) is 0 Å². The van der Waals surface area contributed by atoms with Gasteiger partial charge in [-0.1, -0.05) is 31.5 Å². The summed E-state index contributed by atoms with van der Waals surface area (Å²) in [6, 6.07) is 8.51. The maximum atomic E-state index is 12.7. The van der Waals surface area contributed by atoms with E-state index in [-0.39, 0.29) is 22.3 Å². The number of amides is 1. The van der Waals surface area contributed by atoms with Gasteiger partial charge in [-0.2, -0.15) is 9.82 Å². The molecule has 0 aliphatic rings. The van der Waals surface area contributed by atoms with Crippen molar-refractivity contribution in [3.05, 3.63) is 52.0 Å². The van der Waals surface area contributed by atoms with Gasteiger partial charge in [-0.15, -0.1) is 0 Å². The molecule has 0 unspecified atom stereocenters. The molecule has 10 heteroatoms. The van der Waals surface area contributed by atoms with Crippen LogP contribution in [0.25, 0.3) is 0 Å². The number of hydrogen-bond donors (Lipinski definition) is 3. The summed E-state index contributed by atoms with van der Waals surface area (Å²) in [5.41, 5.74) is 3.86. The zero-order valence-electron chi connectivity index (χ0n) is 17.7. The molecule has 31 heavy (non-hydrogen) atoms. The van der Waals surface area contributed by atoms with E-state index in [0.717, 1.165) is 5.56 Å². The third-order valence-electron chi connectivity index (χ3n) is 4.30. The Labute approximate surface area is 190 Å². The van der Waals surface area contributed by atoms with Gasteiger partial charge < -0.3 is 9.84 Å². The smallest absolute Gasteiger partial charge is 0.258 e. The van der Waals surface area contributed by atoms with Crippen LogP contribution >= 0.6 is 15.9 Å². The molecule has 0 aliphatic heterocycles. The van der Waals surface area contributed by atoms with Crippen LogP contribution in [0.15, 0.2) is 50.9 Å². The van der Waals surface area contributed by atoms with Gasteiger partial charge in [0.25, 0.3) is 5.91 Å². The number of aromatic hydroxyl groups is 1. The van der Waals surface area contributed by atoms with E-state index in [2.05, 4.69) is 31.2 Å². The molecule has 0 bridgehead atoms. The molecular formula is C21H26BrN3O5S. The Morgan fingerprint density at radius 1 is 1.26 bits per heavy atom.